The van der Waals surface area contributed by atoms with Crippen molar-refractivity contribution in [1.82, 2.24) is 0 Å². The zero-order valence-corrected chi connectivity index (χ0v) is 15.0. The van der Waals surface area contributed by atoms with E-state index >= 15 is 0 Å². The number of nitrogens with one attached hydrogen (secondary N) is 3. The molecule has 0 heterocycles. The van der Waals surface area contributed by atoms with Gasteiger partial charge in [0, 0.05) is 28.5 Å². The third kappa shape index (κ3) is 5.06. The highest BCUT2D eigenvalue weighted by Gasteiger charge is 2.29. The van der Waals surface area contributed by atoms with Crippen LogP contribution in [0.25, 0.3) is 0 Å². The zero-order chi connectivity index (χ0) is 18.7. The first kappa shape index (κ1) is 17.9. The molecule has 0 unspecified atom stereocenters. The minimum atomic E-state index is -3.34. The molecule has 0 radical (unpaired) electrons. The smallest absolute Gasteiger partial charge is 0.255 e. The maximum absolute atomic E-state index is 12.4. The molecule has 26 heavy (non-hydrogen) atoms. The van der Waals surface area contributed by atoms with Crippen LogP contribution >= 0.6 is 0 Å². The van der Waals surface area contributed by atoms with Gasteiger partial charge in [0.15, 0.2) is 0 Å². The summed E-state index contributed by atoms with van der Waals surface area (Å²) >= 11 is 0. The number of anilines is 3. The number of carbonyl (C=O) groups excluding carboxylic acids is 2. The summed E-state index contributed by atoms with van der Waals surface area (Å²) in [6, 6.07) is 13.0. The molecule has 2 aromatic rings. The Labute approximate surface area is 151 Å². The molecule has 1 fully saturated rings. The van der Waals surface area contributed by atoms with E-state index in [4.69, 9.17) is 0 Å². The Balaban J connectivity index is 1.65. The molecule has 8 heteroatoms. The first-order valence-electron chi connectivity index (χ1n) is 8.10. The van der Waals surface area contributed by atoms with E-state index in [9.17, 15) is 18.0 Å². The molecular formula is C18H19N3O4S. The predicted molar refractivity (Wildman–Crippen MR) is 101 cm³/mol. The van der Waals surface area contributed by atoms with Crippen molar-refractivity contribution in [3.63, 3.8) is 0 Å². The summed E-state index contributed by atoms with van der Waals surface area (Å²) in [5.41, 5.74) is 1.94. The van der Waals surface area contributed by atoms with Crippen LogP contribution in [0.15, 0.2) is 48.5 Å². The first-order chi connectivity index (χ1) is 12.3. The molecule has 1 aliphatic carbocycles. The van der Waals surface area contributed by atoms with E-state index in [0.717, 1.165) is 19.1 Å². The topological polar surface area (TPSA) is 104 Å². The molecule has 2 aromatic carbocycles. The van der Waals surface area contributed by atoms with Crippen LogP contribution < -0.4 is 15.4 Å². The van der Waals surface area contributed by atoms with Crippen LogP contribution in [0.3, 0.4) is 0 Å². The zero-order valence-electron chi connectivity index (χ0n) is 14.2. The molecule has 0 saturated heterocycles. The largest absolute Gasteiger partial charge is 0.326 e. The van der Waals surface area contributed by atoms with Gasteiger partial charge in [-0.05, 0) is 55.3 Å². The second kappa shape index (κ2) is 7.17. The van der Waals surface area contributed by atoms with Crippen LogP contribution in [0.5, 0.6) is 0 Å². The molecule has 7 nitrogen and oxygen atoms in total. The maximum atomic E-state index is 12.4. The lowest BCUT2D eigenvalue weighted by Crippen LogP contribution is -2.15. The Morgan fingerprint density at radius 3 is 2.19 bits per heavy atom. The van der Waals surface area contributed by atoms with Crippen LogP contribution in [-0.2, 0) is 14.8 Å². The summed E-state index contributed by atoms with van der Waals surface area (Å²) in [5.74, 6) is -0.251. The van der Waals surface area contributed by atoms with Gasteiger partial charge >= 0.3 is 0 Å². The quantitative estimate of drug-likeness (QED) is 0.724. The summed E-state index contributed by atoms with van der Waals surface area (Å²) in [4.78, 5) is 24.2. The van der Waals surface area contributed by atoms with Crippen molar-refractivity contribution in [3.8, 4) is 0 Å². The molecule has 0 atom stereocenters. The summed E-state index contributed by atoms with van der Waals surface area (Å²) in [5, 5.41) is 5.54. The number of hydrogen-bond donors (Lipinski definition) is 3. The number of sulfonamides is 1. The van der Waals surface area contributed by atoms with E-state index in [1.807, 2.05) is 0 Å². The molecule has 3 rings (SSSR count). The molecule has 1 saturated carbocycles. The van der Waals surface area contributed by atoms with E-state index in [-0.39, 0.29) is 17.7 Å². The maximum Gasteiger partial charge on any atom is 0.255 e. The Hall–Kier alpha value is -2.87. The lowest BCUT2D eigenvalue weighted by molar-refractivity contribution is -0.117. The highest BCUT2D eigenvalue weighted by molar-refractivity contribution is 7.92. The Morgan fingerprint density at radius 1 is 0.923 bits per heavy atom. The molecule has 3 N–H and O–H groups in total. The van der Waals surface area contributed by atoms with E-state index in [1.165, 1.54) is 0 Å². The molecule has 136 valence electrons. The predicted octanol–water partition coefficient (Wildman–Crippen LogP) is 2.66. The van der Waals surface area contributed by atoms with Crippen molar-refractivity contribution < 1.29 is 18.0 Å². The van der Waals surface area contributed by atoms with Gasteiger partial charge in [-0.1, -0.05) is 6.07 Å². The minimum absolute atomic E-state index is 0.0171. The van der Waals surface area contributed by atoms with Crippen molar-refractivity contribution >= 4 is 38.9 Å². The Morgan fingerprint density at radius 2 is 1.58 bits per heavy atom. The fourth-order valence-electron chi connectivity index (χ4n) is 2.37. The lowest BCUT2D eigenvalue weighted by Gasteiger charge is -2.09. The first-order valence-corrected chi connectivity index (χ1v) is 9.99. The summed E-state index contributed by atoms with van der Waals surface area (Å²) in [7, 11) is -3.34. The molecule has 0 bridgehead atoms. The van der Waals surface area contributed by atoms with Gasteiger partial charge in [0.25, 0.3) is 5.91 Å². The van der Waals surface area contributed by atoms with Gasteiger partial charge in [-0.15, -0.1) is 0 Å². The average Bonchev–Trinajstić information content (AvgIpc) is 3.40. The molecule has 0 aliphatic heterocycles. The number of benzene rings is 2. The van der Waals surface area contributed by atoms with Gasteiger partial charge in [-0.2, -0.15) is 0 Å². The van der Waals surface area contributed by atoms with Crippen molar-refractivity contribution in [3.05, 3.63) is 54.1 Å². The third-order valence-corrected chi connectivity index (χ3v) is 4.39. The molecule has 2 amide bonds. The Bertz CT molecular complexity index is 935. The van der Waals surface area contributed by atoms with Crippen LogP contribution in [0, 0.1) is 5.92 Å². The van der Waals surface area contributed by atoms with Crippen LogP contribution in [0.1, 0.15) is 23.2 Å². The fraction of sp³-hybridized carbons (Fsp3) is 0.222. The van der Waals surface area contributed by atoms with Crippen molar-refractivity contribution in [2.75, 3.05) is 21.6 Å². The number of amides is 2. The van der Waals surface area contributed by atoms with Crippen molar-refractivity contribution in [1.29, 1.82) is 0 Å². The summed E-state index contributed by atoms with van der Waals surface area (Å²) in [6.07, 6.45) is 2.89. The van der Waals surface area contributed by atoms with Gasteiger partial charge < -0.3 is 10.6 Å². The lowest BCUT2D eigenvalue weighted by atomic mass is 10.1. The standard InChI is InChI=1S/C18H19N3O4S/c1-26(24,25)21-15-9-7-14(8-10-15)19-18(23)13-3-2-4-16(11-13)20-17(22)12-5-6-12/h2-4,7-12,21H,5-6H2,1H3,(H,19,23)(H,20,22). The van der Waals surface area contributed by atoms with Crippen LogP contribution in [0.4, 0.5) is 17.1 Å². The second-order valence-corrected chi connectivity index (χ2v) is 8.00. The average molecular weight is 373 g/mol. The second-order valence-electron chi connectivity index (χ2n) is 6.25. The summed E-state index contributed by atoms with van der Waals surface area (Å²) in [6.45, 7) is 0. The van der Waals surface area contributed by atoms with E-state index < -0.39 is 10.0 Å². The highest BCUT2D eigenvalue weighted by Crippen LogP contribution is 2.30. The van der Waals surface area contributed by atoms with E-state index in [0.29, 0.717) is 22.6 Å². The fourth-order valence-corrected chi connectivity index (χ4v) is 2.93. The summed E-state index contributed by atoms with van der Waals surface area (Å²) < 4.78 is 24.7. The van der Waals surface area contributed by atoms with Crippen LogP contribution in [-0.4, -0.2) is 26.5 Å². The molecular weight excluding hydrogens is 354 g/mol. The number of carbonyl (C=O) groups is 2. The highest BCUT2D eigenvalue weighted by atomic mass is 32.2. The van der Waals surface area contributed by atoms with Crippen LogP contribution in [0.2, 0.25) is 0 Å². The molecule has 0 aromatic heterocycles. The van der Waals surface area contributed by atoms with Crippen molar-refractivity contribution in [2.45, 2.75) is 12.8 Å². The normalized spacial score (nSPS) is 13.7. The number of hydrogen-bond acceptors (Lipinski definition) is 4. The van der Waals surface area contributed by atoms with Gasteiger partial charge in [-0.3, -0.25) is 14.3 Å². The van der Waals surface area contributed by atoms with E-state index in [1.54, 1.807) is 48.5 Å². The molecule has 0 spiro atoms. The van der Waals surface area contributed by atoms with Gasteiger partial charge in [-0.25, -0.2) is 8.42 Å². The third-order valence-electron chi connectivity index (χ3n) is 3.79. The Kier molecular flexibility index (Phi) is 4.94. The van der Waals surface area contributed by atoms with Gasteiger partial charge in [0.2, 0.25) is 15.9 Å². The monoisotopic (exact) mass is 373 g/mol. The van der Waals surface area contributed by atoms with Crippen molar-refractivity contribution in [2.24, 2.45) is 5.92 Å². The minimum Gasteiger partial charge on any atom is -0.326 e. The molecule has 1 aliphatic rings. The van der Waals surface area contributed by atoms with Gasteiger partial charge in [0.1, 0.15) is 0 Å². The van der Waals surface area contributed by atoms with Gasteiger partial charge in [0.05, 0.1) is 6.26 Å². The number of rotatable bonds is 6. The SMILES string of the molecule is CS(=O)(=O)Nc1ccc(NC(=O)c2cccc(NC(=O)C3CC3)c2)cc1. The van der Waals surface area contributed by atoms with E-state index in [2.05, 4.69) is 15.4 Å².